The molecular weight excluding hydrogens is 615 g/mol. The second-order valence-electron chi connectivity index (χ2n) is 12.5. The molecular formula is C39H39FO8. The van der Waals surface area contributed by atoms with E-state index in [-0.39, 0.29) is 23.3 Å². The van der Waals surface area contributed by atoms with Crippen LogP contribution in [0.3, 0.4) is 0 Å². The standard InChI is InChI=1S/C39H39FO8/c1-25-35-20-29(47-39(41)27-8-15-38(37(40)19-27)43-18-16-32-24-45-32)11-13-33(35)34-14-12-30(21-36(25)34)48-46-22-26-6-9-28(10-7-26)42-17-4-2-3-5-31-23-44-31/h6-15,19-21,25,31-32H,2-5,16-18,22-24H2,1H3. The first-order chi connectivity index (χ1) is 23.5. The second-order valence-corrected chi connectivity index (χ2v) is 12.5. The lowest BCUT2D eigenvalue weighted by molar-refractivity contribution is -0.217. The van der Waals surface area contributed by atoms with E-state index >= 15 is 0 Å². The van der Waals surface area contributed by atoms with Gasteiger partial charge >= 0.3 is 5.97 Å². The Kier molecular flexibility index (Phi) is 9.88. The number of benzene rings is 4. The molecule has 2 aliphatic heterocycles. The minimum Gasteiger partial charge on any atom is -0.494 e. The van der Waals surface area contributed by atoms with Crippen LogP contribution < -0.4 is 19.1 Å². The van der Waals surface area contributed by atoms with Crippen molar-refractivity contribution < 1.29 is 42.6 Å². The van der Waals surface area contributed by atoms with Gasteiger partial charge in [-0.2, -0.15) is 4.89 Å². The highest BCUT2D eigenvalue weighted by Gasteiger charge is 2.27. The third-order valence-corrected chi connectivity index (χ3v) is 8.89. The van der Waals surface area contributed by atoms with Gasteiger partial charge in [-0.25, -0.2) is 9.18 Å². The van der Waals surface area contributed by atoms with E-state index in [1.807, 2.05) is 54.6 Å². The summed E-state index contributed by atoms with van der Waals surface area (Å²) in [5.41, 5.74) is 5.34. The van der Waals surface area contributed by atoms with Crippen molar-refractivity contribution in [3.63, 3.8) is 0 Å². The fraction of sp³-hybridized carbons (Fsp3) is 0.359. The fourth-order valence-electron chi connectivity index (χ4n) is 5.94. The zero-order valence-electron chi connectivity index (χ0n) is 27.0. The predicted molar refractivity (Wildman–Crippen MR) is 176 cm³/mol. The Morgan fingerprint density at radius 3 is 2.17 bits per heavy atom. The van der Waals surface area contributed by atoms with Crippen molar-refractivity contribution in [2.75, 3.05) is 26.4 Å². The fourth-order valence-corrected chi connectivity index (χ4v) is 5.94. The van der Waals surface area contributed by atoms with Gasteiger partial charge in [0.25, 0.3) is 0 Å². The molecule has 0 aromatic heterocycles. The maximum Gasteiger partial charge on any atom is 0.343 e. The molecule has 0 amide bonds. The Hall–Kier alpha value is -4.44. The predicted octanol–water partition coefficient (Wildman–Crippen LogP) is 8.19. The van der Waals surface area contributed by atoms with Crippen LogP contribution in [0, 0.1) is 5.82 Å². The van der Waals surface area contributed by atoms with E-state index in [9.17, 15) is 9.18 Å². The normalized spacial score (nSPS) is 18.5. The number of unbranched alkanes of at least 4 members (excludes halogenated alkanes) is 2. The number of rotatable bonds is 17. The molecule has 1 aliphatic carbocycles. The minimum atomic E-state index is -0.643. The highest BCUT2D eigenvalue weighted by molar-refractivity contribution is 5.91. The van der Waals surface area contributed by atoms with Gasteiger partial charge in [-0.05, 0) is 102 Å². The number of halogens is 1. The average molecular weight is 655 g/mol. The number of ether oxygens (including phenoxy) is 5. The SMILES string of the molecule is CC1c2cc(OOCc3ccc(OCCCCCC4CO4)cc3)ccc2-c2ccc(OC(=O)c3ccc(OCCC4CO4)c(F)c3)cc21. The summed E-state index contributed by atoms with van der Waals surface area (Å²) < 4.78 is 41.9. The Bertz CT molecular complexity index is 1730. The van der Waals surface area contributed by atoms with Crippen molar-refractivity contribution in [3.8, 4) is 34.1 Å². The Morgan fingerprint density at radius 2 is 1.44 bits per heavy atom. The molecule has 3 aliphatic rings. The van der Waals surface area contributed by atoms with Gasteiger partial charge in [0.15, 0.2) is 17.3 Å². The lowest BCUT2D eigenvalue weighted by Crippen LogP contribution is -2.10. The van der Waals surface area contributed by atoms with Gasteiger partial charge in [0.2, 0.25) is 0 Å². The van der Waals surface area contributed by atoms with Gasteiger partial charge in [0, 0.05) is 12.3 Å². The first-order valence-corrected chi connectivity index (χ1v) is 16.7. The summed E-state index contributed by atoms with van der Waals surface area (Å²) in [5.74, 6) is 0.714. The van der Waals surface area contributed by atoms with Crippen LogP contribution >= 0.6 is 0 Å². The van der Waals surface area contributed by atoms with Crippen LogP contribution in [-0.2, 0) is 21.0 Å². The van der Waals surface area contributed by atoms with E-state index in [4.69, 9.17) is 33.5 Å². The first kappa shape index (κ1) is 32.1. The summed E-state index contributed by atoms with van der Waals surface area (Å²) >= 11 is 0. The maximum absolute atomic E-state index is 14.6. The van der Waals surface area contributed by atoms with Crippen LogP contribution in [0.5, 0.6) is 23.0 Å². The summed E-state index contributed by atoms with van der Waals surface area (Å²) in [4.78, 5) is 24.1. The molecule has 0 bridgehead atoms. The van der Waals surface area contributed by atoms with E-state index in [2.05, 4.69) is 6.92 Å². The number of esters is 1. The molecule has 2 fully saturated rings. The summed E-state index contributed by atoms with van der Waals surface area (Å²) in [6.07, 6.45) is 5.95. The Morgan fingerprint density at radius 1 is 0.750 bits per heavy atom. The second kappa shape index (κ2) is 14.8. The summed E-state index contributed by atoms with van der Waals surface area (Å²) in [7, 11) is 0. The van der Waals surface area contributed by atoms with E-state index in [1.54, 1.807) is 6.07 Å². The maximum atomic E-state index is 14.6. The first-order valence-electron chi connectivity index (χ1n) is 16.7. The summed E-state index contributed by atoms with van der Waals surface area (Å²) in [6, 6.07) is 23.4. The zero-order chi connectivity index (χ0) is 32.9. The number of fused-ring (bicyclic) bond motifs is 3. The number of carbonyl (C=O) groups excluding carboxylic acids is 1. The number of epoxide rings is 2. The molecule has 48 heavy (non-hydrogen) atoms. The van der Waals surface area contributed by atoms with E-state index in [0.717, 1.165) is 72.1 Å². The van der Waals surface area contributed by atoms with E-state index in [0.29, 0.717) is 43.8 Å². The van der Waals surface area contributed by atoms with Gasteiger partial charge in [0.05, 0.1) is 44.2 Å². The number of hydrogen-bond acceptors (Lipinski definition) is 8. The van der Waals surface area contributed by atoms with Gasteiger partial charge in [-0.15, -0.1) is 0 Å². The number of carbonyl (C=O) groups is 1. The van der Waals surface area contributed by atoms with Gasteiger partial charge < -0.3 is 28.6 Å². The highest BCUT2D eigenvalue weighted by atomic mass is 19.1. The van der Waals surface area contributed by atoms with Crippen LogP contribution in [0.15, 0.2) is 78.9 Å². The number of hydrogen-bond donors (Lipinski definition) is 0. The van der Waals surface area contributed by atoms with E-state index in [1.165, 1.54) is 18.6 Å². The quantitative estimate of drug-likeness (QED) is 0.0281. The Labute approximate surface area is 279 Å². The summed E-state index contributed by atoms with van der Waals surface area (Å²) in [6.45, 7) is 5.10. The Balaban J connectivity index is 0.885. The third kappa shape index (κ3) is 8.16. The van der Waals surface area contributed by atoms with Crippen molar-refractivity contribution in [1.29, 1.82) is 0 Å². The van der Waals surface area contributed by atoms with Crippen LogP contribution in [0.2, 0.25) is 0 Å². The lowest BCUT2D eigenvalue weighted by atomic mass is 9.99. The van der Waals surface area contributed by atoms with Crippen LogP contribution in [0.4, 0.5) is 4.39 Å². The molecule has 2 saturated heterocycles. The minimum absolute atomic E-state index is 0.0341. The molecule has 0 spiro atoms. The van der Waals surface area contributed by atoms with E-state index < -0.39 is 11.8 Å². The molecule has 0 N–H and O–H groups in total. The van der Waals surface area contributed by atoms with Crippen LogP contribution in [-0.4, -0.2) is 44.6 Å². The lowest BCUT2D eigenvalue weighted by Gasteiger charge is -2.11. The smallest absolute Gasteiger partial charge is 0.343 e. The molecule has 3 unspecified atom stereocenters. The summed E-state index contributed by atoms with van der Waals surface area (Å²) in [5, 5.41) is 0. The van der Waals surface area contributed by atoms with Gasteiger partial charge in [-0.3, -0.25) is 0 Å². The van der Waals surface area contributed by atoms with Crippen LogP contribution in [0.25, 0.3) is 11.1 Å². The van der Waals surface area contributed by atoms with Crippen molar-refractivity contribution >= 4 is 5.97 Å². The highest BCUT2D eigenvalue weighted by Crippen LogP contribution is 2.47. The molecule has 3 atom stereocenters. The monoisotopic (exact) mass is 654 g/mol. The third-order valence-electron chi connectivity index (χ3n) is 8.89. The van der Waals surface area contributed by atoms with Crippen molar-refractivity contribution in [2.24, 2.45) is 0 Å². The van der Waals surface area contributed by atoms with Crippen molar-refractivity contribution in [3.05, 3.63) is 107 Å². The molecule has 9 heteroatoms. The molecule has 4 aromatic rings. The average Bonchev–Trinajstić information content (AvgIpc) is 4.04. The molecule has 7 rings (SSSR count). The van der Waals surface area contributed by atoms with Gasteiger partial charge in [0.1, 0.15) is 18.1 Å². The van der Waals surface area contributed by atoms with Gasteiger partial charge in [-0.1, -0.05) is 37.6 Å². The molecule has 250 valence electrons. The topological polar surface area (TPSA) is 88.3 Å². The molecule has 4 aromatic carbocycles. The molecule has 0 radical (unpaired) electrons. The molecule has 8 nitrogen and oxygen atoms in total. The largest absolute Gasteiger partial charge is 0.494 e. The van der Waals surface area contributed by atoms with Crippen molar-refractivity contribution in [1.82, 2.24) is 0 Å². The van der Waals surface area contributed by atoms with Crippen molar-refractivity contribution in [2.45, 2.75) is 63.8 Å². The molecule has 2 heterocycles. The van der Waals surface area contributed by atoms with Crippen LogP contribution in [0.1, 0.15) is 72.0 Å². The zero-order valence-corrected chi connectivity index (χ0v) is 27.0. The molecule has 0 saturated carbocycles.